The number of nitrogens with one attached hydrogen (secondary N) is 1. The number of primary amides is 1. The number of methoxy groups -OCH3 is 1. The molecule has 0 aromatic heterocycles. The van der Waals surface area contributed by atoms with Crippen LogP contribution in [0.3, 0.4) is 0 Å². The Balaban J connectivity index is 2.12. The molecule has 0 aliphatic heterocycles. The highest BCUT2D eigenvalue weighted by Crippen LogP contribution is 2.27. The quantitative estimate of drug-likeness (QED) is 0.882. The number of hydrogen-bond acceptors (Lipinski definition) is 3. The predicted molar refractivity (Wildman–Crippen MR) is 83.0 cm³/mol. The molecule has 0 atom stereocenters. The molecule has 0 fully saturated rings. The molecule has 0 saturated carbocycles. The molecule has 4 nitrogen and oxygen atoms in total. The average Bonchev–Trinajstić information content (AvgIpc) is 2.46. The third-order valence-corrected chi connectivity index (χ3v) is 3.56. The number of benzene rings is 2. The molecule has 1 amide bonds. The Morgan fingerprint density at radius 2 is 2.10 bits per heavy atom. The zero-order valence-electron chi connectivity index (χ0n) is 11.0. The first-order valence-electron chi connectivity index (χ1n) is 6.06. The highest BCUT2D eigenvalue weighted by molar-refractivity contribution is 9.10. The highest BCUT2D eigenvalue weighted by atomic mass is 79.9. The van der Waals surface area contributed by atoms with Gasteiger partial charge in [0.1, 0.15) is 5.75 Å². The van der Waals surface area contributed by atoms with E-state index in [9.17, 15) is 4.79 Å². The van der Waals surface area contributed by atoms with Gasteiger partial charge >= 0.3 is 0 Å². The van der Waals surface area contributed by atoms with E-state index in [0.717, 1.165) is 21.5 Å². The molecule has 3 N–H and O–H groups in total. The Bertz CT molecular complexity index is 629. The monoisotopic (exact) mass is 334 g/mol. The lowest BCUT2D eigenvalue weighted by molar-refractivity contribution is 0.1000. The summed E-state index contributed by atoms with van der Waals surface area (Å²) < 4.78 is 6.14. The van der Waals surface area contributed by atoms with Gasteiger partial charge in [0.25, 0.3) is 0 Å². The summed E-state index contributed by atoms with van der Waals surface area (Å²) in [5.74, 6) is 0.357. The van der Waals surface area contributed by atoms with Crippen LogP contribution in [0.25, 0.3) is 0 Å². The number of anilines is 1. The standard InChI is InChI=1S/C15H15BrN2O2/c1-20-12-5-6-13(16)14(8-12)18-9-10-3-2-4-11(7-10)15(17)19/h2-8,18H,9H2,1H3,(H2,17,19). The van der Waals surface area contributed by atoms with E-state index in [1.165, 1.54) is 0 Å². The zero-order valence-corrected chi connectivity index (χ0v) is 12.6. The second kappa shape index (κ2) is 6.43. The largest absolute Gasteiger partial charge is 0.497 e. The molecule has 2 aromatic rings. The summed E-state index contributed by atoms with van der Waals surface area (Å²) in [6, 6.07) is 12.9. The first kappa shape index (κ1) is 14.4. The fourth-order valence-electron chi connectivity index (χ4n) is 1.80. The summed E-state index contributed by atoms with van der Waals surface area (Å²) in [7, 11) is 1.63. The minimum absolute atomic E-state index is 0.422. The van der Waals surface area contributed by atoms with E-state index in [1.54, 1.807) is 19.2 Å². The van der Waals surface area contributed by atoms with E-state index in [2.05, 4.69) is 21.2 Å². The van der Waals surface area contributed by atoms with E-state index in [1.807, 2.05) is 30.3 Å². The third kappa shape index (κ3) is 3.51. The number of hydrogen-bond donors (Lipinski definition) is 2. The number of rotatable bonds is 5. The molecule has 0 bridgehead atoms. The number of carbonyl (C=O) groups excluding carboxylic acids is 1. The van der Waals surface area contributed by atoms with Gasteiger partial charge in [-0.3, -0.25) is 4.79 Å². The molecule has 20 heavy (non-hydrogen) atoms. The molecule has 5 heteroatoms. The van der Waals surface area contributed by atoms with E-state index < -0.39 is 5.91 Å². The van der Waals surface area contributed by atoms with Crippen molar-refractivity contribution in [3.05, 3.63) is 58.1 Å². The van der Waals surface area contributed by atoms with Crippen LogP contribution in [0.5, 0.6) is 5.75 Å². The number of nitrogens with two attached hydrogens (primary N) is 1. The molecule has 0 unspecified atom stereocenters. The van der Waals surface area contributed by atoms with Gasteiger partial charge in [-0.05, 0) is 45.8 Å². The predicted octanol–water partition coefficient (Wildman–Crippen LogP) is 3.17. The van der Waals surface area contributed by atoms with Gasteiger partial charge < -0.3 is 15.8 Å². The lowest BCUT2D eigenvalue weighted by atomic mass is 10.1. The second-order valence-corrected chi connectivity index (χ2v) is 5.12. The Labute approximate surface area is 126 Å². The molecule has 0 radical (unpaired) electrons. The van der Waals surface area contributed by atoms with Crippen molar-refractivity contribution in [3.63, 3.8) is 0 Å². The maximum atomic E-state index is 11.1. The van der Waals surface area contributed by atoms with Gasteiger partial charge in [0.15, 0.2) is 0 Å². The van der Waals surface area contributed by atoms with E-state index in [-0.39, 0.29) is 0 Å². The van der Waals surface area contributed by atoms with Crippen LogP contribution in [0.1, 0.15) is 15.9 Å². The van der Waals surface area contributed by atoms with Crippen molar-refractivity contribution < 1.29 is 9.53 Å². The number of amides is 1. The fourth-order valence-corrected chi connectivity index (χ4v) is 2.19. The van der Waals surface area contributed by atoms with Gasteiger partial charge in [-0.1, -0.05) is 12.1 Å². The van der Waals surface area contributed by atoms with Crippen LogP contribution >= 0.6 is 15.9 Å². The zero-order chi connectivity index (χ0) is 14.5. The molecule has 0 aliphatic rings. The van der Waals surface area contributed by atoms with Crippen molar-refractivity contribution in [1.82, 2.24) is 0 Å². The minimum Gasteiger partial charge on any atom is -0.497 e. The maximum Gasteiger partial charge on any atom is 0.248 e. The highest BCUT2D eigenvalue weighted by Gasteiger charge is 2.04. The first-order valence-corrected chi connectivity index (χ1v) is 6.85. The van der Waals surface area contributed by atoms with Gasteiger partial charge in [0.05, 0.1) is 12.8 Å². The SMILES string of the molecule is COc1ccc(Br)c(NCc2cccc(C(N)=O)c2)c1. The first-order chi connectivity index (χ1) is 9.60. The summed E-state index contributed by atoms with van der Waals surface area (Å²) in [6.07, 6.45) is 0. The molecule has 2 rings (SSSR count). The summed E-state index contributed by atoms with van der Waals surface area (Å²) in [6.45, 7) is 0.590. The lowest BCUT2D eigenvalue weighted by Crippen LogP contribution is -2.11. The van der Waals surface area contributed by atoms with Gasteiger partial charge in [0, 0.05) is 22.6 Å². The van der Waals surface area contributed by atoms with Crippen LogP contribution in [0, 0.1) is 0 Å². The lowest BCUT2D eigenvalue weighted by Gasteiger charge is -2.11. The third-order valence-electron chi connectivity index (χ3n) is 2.87. The topological polar surface area (TPSA) is 64.3 Å². The van der Waals surface area contributed by atoms with E-state index in [0.29, 0.717) is 12.1 Å². The summed E-state index contributed by atoms with van der Waals surface area (Å²) in [5, 5.41) is 3.29. The fraction of sp³-hybridized carbons (Fsp3) is 0.133. The number of halogens is 1. The Kier molecular flexibility index (Phi) is 4.63. The van der Waals surface area contributed by atoms with Crippen LogP contribution in [0.4, 0.5) is 5.69 Å². The van der Waals surface area contributed by atoms with Gasteiger partial charge in [-0.15, -0.1) is 0 Å². The van der Waals surface area contributed by atoms with Crippen LogP contribution in [-0.4, -0.2) is 13.0 Å². The number of carbonyl (C=O) groups is 1. The van der Waals surface area contributed by atoms with Gasteiger partial charge in [-0.2, -0.15) is 0 Å². The maximum absolute atomic E-state index is 11.1. The normalized spacial score (nSPS) is 10.1. The molecule has 0 spiro atoms. The molecule has 2 aromatic carbocycles. The molecule has 0 heterocycles. The minimum atomic E-state index is -0.422. The summed E-state index contributed by atoms with van der Waals surface area (Å²) >= 11 is 3.48. The Morgan fingerprint density at radius 1 is 1.30 bits per heavy atom. The molecular formula is C15H15BrN2O2. The molecule has 104 valence electrons. The smallest absolute Gasteiger partial charge is 0.248 e. The van der Waals surface area contributed by atoms with Crippen LogP contribution in [0.15, 0.2) is 46.9 Å². The van der Waals surface area contributed by atoms with Crippen molar-refractivity contribution in [2.24, 2.45) is 5.73 Å². The summed E-state index contributed by atoms with van der Waals surface area (Å²) in [5.41, 5.74) is 7.68. The molecule has 0 aliphatic carbocycles. The van der Waals surface area contributed by atoms with Crippen molar-refractivity contribution in [3.8, 4) is 5.75 Å². The Morgan fingerprint density at radius 3 is 2.80 bits per heavy atom. The number of ether oxygens (including phenoxy) is 1. The van der Waals surface area contributed by atoms with Gasteiger partial charge in [0.2, 0.25) is 5.91 Å². The Hall–Kier alpha value is -2.01. The van der Waals surface area contributed by atoms with Crippen molar-refractivity contribution in [2.45, 2.75) is 6.54 Å². The van der Waals surface area contributed by atoms with E-state index in [4.69, 9.17) is 10.5 Å². The van der Waals surface area contributed by atoms with Crippen LogP contribution in [-0.2, 0) is 6.54 Å². The van der Waals surface area contributed by atoms with Crippen molar-refractivity contribution >= 4 is 27.5 Å². The van der Waals surface area contributed by atoms with E-state index >= 15 is 0 Å². The second-order valence-electron chi connectivity index (χ2n) is 4.26. The van der Waals surface area contributed by atoms with Crippen LogP contribution < -0.4 is 15.8 Å². The van der Waals surface area contributed by atoms with Crippen LogP contribution in [0.2, 0.25) is 0 Å². The summed E-state index contributed by atoms with van der Waals surface area (Å²) in [4.78, 5) is 11.1. The van der Waals surface area contributed by atoms with Crippen molar-refractivity contribution in [1.29, 1.82) is 0 Å². The average molecular weight is 335 g/mol. The van der Waals surface area contributed by atoms with Crippen molar-refractivity contribution in [2.75, 3.05) is 12.4 Å². The van der Waals surface area contributed by atoms with Gasteiger partial charge in [-0.25, -0.2) is 0 Å². The molecular weight excluding hydrogens is 320 g/mol. The molecule has 0 saturated heterocycles.